The predicted molar refractivity (Wildman–Crippen MR) is 108 cm³/mol. The number of hydrogen-bond donors (Lipinski definition) is 1. The van der Waals surface area contributed by atoms with E-state index in [9.17, 15) is 4.79 Å². The molecule has 3 aromatic rings. The lowest BCUT2D eigenvalue weighted by Crippen LogP contribution is -2.29. The number of carbonyl (C=O) groups is 1. The number of methoxy groups -OCH3 is 1. The smallest absolute Gasteiger partial charge is 0.274 e. The van der Waals surface area contributed by atoms with Crippen LogP contribution in [0.15, 0.2) is 59.2 Å². The fraction of sp³-hybridized carbons (Fsp3) is 0.273. The van der Waals surface area contributed by atoms with Crippen molar-refractivity contribution in [3.63, 3.8) is 0 Å². The summed E-state index contributed by atoms with van der Waals surface area (Å²) in [5, 5.41) is 0. The first-order valence-corrected chi connectivity index (χ1v) is 9.37. The first-order valence-electron chi connectivity index (χ1n) is 9.37. The number of nitrogens with one attached hydrogen (secondary N) is 1. The quantitative estimate of drug-likeness (QED) is 0.550. The van der Waals surface area contributed by atoms with Gasteiger partial charge in [0.15, 0.2) is 11.5 Å². The summed E-state index contributed by atoms with van der Waals surface area (Å²) in [6, 6.07) is 14.4. The van der Waals surface area contributed by atoms with Crippen LogP contribution >= 0.6 is 0 Å². The molecule has 0 aliphatic heterocycles. The number of rotatable bonds is 9. The summed E-state index contributed by atoms with van der Waals surface area (Å²) in [7, 11) is 1.60. The Morgan fingerprint density at radius 2 is 1.97 bits per heavy atom. The van der Waals surface area contributed by atoms with E-state index in [1.165, 1.54) is 0 Å². The van der Waals surface area contributed by atoms with Crippen LogP contribution in [-0.4, -0.2) is 30.7 Å². The Labute approximate surface area is 169 Å². The maximum Gasteiger partial charge on any atom is 0.274 e. The molecule has 0 aliphatic carbocycles. The number of hydroxylamine groups is 1. The van der Waals surface area contributed by atoms with E-state index in [0.717, 1.165) is 11.3 Å². The number of nitrogens with zero attached hydrogens (tertiary/aromatic N) is 1. The third-order valence-electron chi connectivity index (χ3n) is 4.15. The molecule has 1 unspecified atom stereocenters. The summed E-state index contributed by atoms with van der Waals surface area (Å²) >= 11 is 0. The monoisotopic (exact) mass is 396 g/mol. The van der Waals surface area contributed by atoms with E-state index in [4.69, 9.17) is 18.7 Å². The van der Waals surface area contributed by atoms with Gasteiger partial charge in [0.2, 0.25) is 5.89 Å². The zero-order valence-corrected chi connectivity index (χ0v) is 16.7. The second-order valence-electron chi connectivity index (χ2n) is 6.37. The highest BCUT2D eigenvalue weighted by atomic mass is 16.7. The Hall–Kier alpha value is -3.32. The molecule has 1 amide bonds. The van der Waals surface area contributed by atoms with Crippen LogP contribution in [0.25, 0.3) is 11.5 Å². The SMILES string of the molecule is CCOc1cc(-c2nc(CC(C)ONC(=O)c3ccccc3)co2)ccc1OC. The molecule has 0 saturated carbocycles. The van der Waals surface area contributed by atoms with Crippen molar-refractivity contribution >= 4 is 5.91 Å². The van der Waals surface area contributed by atoms with Crippen molar-refractivity contribution in [2.45, 2.75) is 26.4 Å². The van der Waals surface area contributed by atoms with E-state index in [-0.39, 0.29) is 12.0 Å². The lowest BCUT2D eigenvalue weighted by molar-refractivity contribution is -0.00770. The van der Waals surface area contributed by atoms with Crippen LogP contribution in [0.5, 0.6) is 11.5 Å². The fourth-order valence-corrected chi connectivity index (χ4v) is 2.75. The molecule has 0 spiro atoms. The third-order valence-corrected chi connectivity index (χ3v) is 4.15. The molecular weight excluding hydrogens is 372 g/mol. The van der Waals surface area contributed by atoms with Crippen LogP contribution < -0.4 is 15.0 Å². The lowest BCUT2D eigenvalue weighted by Gasteiger charge is -2.11. The van der Waals surface area contributed by atoms with Gasteiger partial charge in [0.25, 0.3) is 5.91 Å². The van der Waals surface area contributed by atoms with Crippen molar-refractivity contribution in [1.29, 1.82) is 0 Å². The fourth-order valence-electron chi connectivity index (χ4n) is 2.75. The van der Waals surface area contributed by atoms with Crippen molar-refractivity contribution < 1.29 is 23.5 Å². The summed E-state index contributed by atoms with van der Waals surface area (Å²) in [6.07, 6.45) is 1.78. The van der Waals surface area contributed by atoms with E-state index >= 15 is 0 Å². The molecule has 2 aromatic carbocycles. The van der Waals surface area contributed by atoms with Crippen molar-refractivity contribution in [3.05, 3.63) is 66.1 Å². The molecule has 1 N–H and O–H groups in total. The number of amides is 1. The second-order valence-corrected chi connectivity index (χ2v) is 6.37. The number of hydrogen-bond acceptors (Lipinski definition) is 6. The molecule has 0 fully saturated rings. The first kappa shape index (κ1) is 20.4. The first-order chi connectivity index (χ1) is 14.1. The van der Waals surface area contributed by atoms with Crippen LogP contribution in [-0.2, 0) is 11.3 Å². The number of carbonyl (C=O) groups excluding carboxylic acids is 1. The van der Waals surface area contributed by atoms with Gasteiger partial charge in [-0.1, -0.05) is 18.2 Å². The maximum atomic E-state index is 12.0. The Morgan fingerprint density at radius 3 is 2.69 bits per heavy atom. The van der Waals surface area contributed by atoms with Crippen LogP contribution in [0.1, 0.15) is 29.9 Å². The lowest BCUT2D eigenvalue weighted by atomic mass is 10.2. The molecule has 0 saturated heterocycles. The second kappa shape index (κ2) is 9.75. The van der Waals surface area contributed by atoms with E-state index in [1.807, 2.05) is 38.1 Å². The summed E-state index contributed by atoms with van der Waals surface area (Å²) < 4.78 is 16.5. The van der Waals surface area contributed by atoms with Crippen LogP contribution in [0.3, 0.4) is 0 Å². The molecule has 1 aromatic heterocycles. The highest BCUT2D eigenvalue weighted by Crippen LogP contribution is 2.32. The molecule has 7 nitrogen and oxygen atoms in total. The van der Waals surface area contributed by atoms with Gasteiger partial charge in [-0.15, -0.1) is 0 Å². The van der Waals surface area contributed by atoms with Crippen molar-refractivity contribution in [2.24, 2.45) is 0 Å². The largest absolute Gasteiger partial charge is 0.493 e. The van der Waals surface area contributed by atoms with Crippen LogP contribution in [0.2, 0.25) is 0 Å². The van der Waals surface area contributed by atoms with E-state index < -0.39 is 0 Å². The minimum atomic E-state index is -0.292. The topological polar surface area (TPSA) is 82.8 Å². The average molecular weight is 396 g/mol. The maximum absolute atomic E-state index is 12.0. The van der Waals surface area contributed by atoms with E-state index in [1.54, 1.807) is 37.6 Å². The molecule has 1 heterocycles. The normalized spacial score (nSPS) is 11.7. The highest BCUT2D eigenvalue weighted by Gasteiger charge is 2.14. The number of ether oxygens (including phenoxy) is 2. The van der Waals surface area contributed by atoms with Gasteiger partial charge in [0.05, 0.1) is 25.5 Å². The van der Waals surface area contributed by atoms with Crippen LogP contribution in [0, 0.1) is 0 Å². The van der Waals surface area contributed by atoms with Gasteiger partial charge in [0.1, 0.15) is 6.26 Å². The molecule has 0 radical (unpaired) electrons. The number of aromatic nitrogens is 1. The minimum Gasteiger partial charge on any atom is -0.493 e. The van der Waals surface area contributed by atoms with Crippen molar-refractivity contribution in [3.8, 4) is 23.0 Å². The Morgan fingerprint density at radius 1 is 1.17 bits per heavy atom. The van der Waals surface area contributed by atoms with Gasteiger partial charge in [-0.05, 0) is 44.2 Å². The number of oxazole rings is 1. The summed E-state index contributed by atoms with van der Waals surface area (Å²) in [4.78, 5) is 22.0. The molecule has 0 aliphatic rings. The highest BCUT2D eigenvalue weighted by molar-refractivity contribution is 5.93. The van der Waals surface area contributed by atoms with E-state index in [0.29, 0.717) is 36.0 Å². The molecule has 3 rings (SSSR count). The van der Waals surface area contributed by atoms with Gasteiger partial charge >= 0.3 is 0 Å². The molecule has 0 bridgehead atoms. The Bertz CT molecular complexity index is 939. The standard InChI is InChI=1S/C22H24N2O5/c1-4-27-20-13-17(10-11-19(20)26-3)22-23-18(14-28-22)12-15(2)29-24-21(25)16-8-6-5-7-9-16/h5-11,13-15H,4,12H2,1-3H3,(H,24,25). The third kappa shape index (κ3) is 5.36. The minimum absolute atomic E-state index is 0.282. The molecular formula is C22H24N2O5. The predicted octanol–water partition coefficient (Wildman–Crippen LogP) is 4.04. The zero-order chi connectivity index (χ0) is 20.6. The van der Waals surface area contributed by atoms with Gasteiger partial charge in [0, 0.05) is 17.5 Å². The Balaban J connectivity index is 1.60. The van der Waals surface area contributed by atoms with Crippen molar-refractivity contribution in [1.82, 2.24) is 10.5 Å². The summed E-state index contributed by atoms with van der Waals surface area (Å²) in [5.74, 6) is 1.47. The van der Waals surface area contributed by atoms with Gasteiger partial charge < -0.3 is 13.9 Å². The molecule has 152 valence electrons. The van der Waals surface area contributed by atoms with E-state index in [2.05, 4.69) is 10.5 Å². The zero-order valence-electron chi connectivity index (χ0n) is 16.7. The molecule has 7 heteroatoms. The van der Waals surface area contributed by atoms with Crippen LogP contribution in [0.4, 0.5) is 0 Å². The Kier molecular flexibility index (Phi) is 6.86. The molecule has 1 atom stereocenters. The summed E-state index contributed by atoms with van der Waals surface area (Å²) in [6.45, 7) is 4.29. The number of benzene rings is 2. The summed E-state index contributed by atoms with van der Waals surface area (Å²) in [5.41, 5.74) is 4.50. The average Bonchev–Trinajstić information content (AvgIpc) is 3.21. The van der Waals surface area contributed by atoms with Gasteiger partial charge in [-0.3, -0.25) is 9.63 Å². The van der Waals surface area contributed by atoms with Gasteiger partial charge in [-0.25, -0.2) is 10.5 Å². The van der Waals surface area contributed by atoms with Crippen molar-refractivity contribution in [2.75, 3.05) is 13.7 Å². The van der Waals surface area contributed by atoms with Gasteiger partial charge in [-0.2, -0.15) is 0 Å². The molecule has 29 heavy (non-hydrogen) atoms.